The molecular formula is C25H27N7O. The lowest BCUT2D eigenvalue weighted by Crippen LogP contribution is -2.45. The first-order valence-corrected chi connectivity index (χ1v) is 11.2. The van der Waals surface area contributed by atoms with Crippen LogP contribution in [0.15, 0.2) is 66.9 Å². The number of nitrogens with one attached hydrogen (secondary N) is 1. The predicted molar refractivity (Wildman–Crippen MR) is 127 cm³/mol. The molecule has 1 saturated heterocycles. The number of amides is 1. The van der Waals surface area contributed by atoms with Crippen LogP contribution in [0.4, 0.5) is 5.69 Å². The van der Waals surface area contributed by atoms with Crippen LogP contribution in [0.1, 0.15) is 27.4 Å². The Labute approximate surface area is 192 Å². The average Bonchev–Trinajstić information content (AvgIpc) is 3.28. The Morgan fingerprint density at radius 1 is 0.879 bits per heavy atom. The van der Waals surface area contributed by atoms with Crippen molar-refractivity contribution >= 4 is 17.4 Å². The van der Waals surface area contributed by atoms with Crippen molar-refractivity contribution in [1.82, 2.24) is 29.4 Å². The van der Waals surface area contributed by atoms with Crippen LogP contribution in [0.5, 0.6) is 0 Å². The van der Waals surface area contributed by atoms with E-state index in [2.05, 4.69) is 72.6 Å². The monoisotopic (exact) mass is 441 g/mol. The Hall–Kier alpha value is -3.62. The first kappa shape index (κ1) is 21.2. The normalized spacial score (nSPS) is 15.1. The van der Waals surface area contributed by atoms with Crippen molar-refractivity contribution in [2.45, 2.75) is 20.0 Å². The number of anilines is 1. The van der Waals surface area contributed by atoms with Gasteiger partial charge in [-0.3, -0.25) is 14.6 Å². The molecular weight excluding hydrogens is 414 g/mol. The zero-order valence-corrected chi connectivity index (χ0v) is 18.7. The van der Waals surface area contributed by atoms with Gasteiger partial charge >= 0.3 is 0 Å². The molecule has 0 unspecified atom stereocenters. The van der Waals surface area contributed by atoms with Crippen LogP contribution in [-0.4, -0.2) is 61.5 Å². The number of fused-ring (bicyclic) bond motifs is 1. The maximum Gasteiger partial charge on any atom is 0.295 e. The molecule has 1 fully saturated rings. The van der Waals surface area contributed by atoms with Gasteiger partial charge in [-0.15, -0.1) is 5.10 Å². The molecule has 1 N–H and O–H groups in total. The molecule has 0 radical (unpaired) electrons. The Morgan fingerprint density at radius 3 is 2.15 bits per heavy atom. The number of hydrogen-bond acceptors (Lipinski definition) is 6. The summed E-state index contributed by atoms with van der Waals surface area (Å²) in [4.78, 5) is 25.9. The van der Waals surface area contributed by atoms with Crippen molar-refractivity contribution in [3.63, 3.8) is 0 Å². The zero-order chi connectivity index (χ0) is 22.6. The standard InChI is InChI=1S/C25H27N7O/c1-19-11-12-26-25-28-23(29-32(19)25)24(33)27-22-9-7-21(8-10-22)18-31-15-13-30(14-16-31)17-20-5-3-2-4-6-20/h2-12H,13-18H2,1H3,(H,27,33). The fourth-order valence-corrected chi connectivity index (χ4v) is 4.09. The van der Waals surface area contributed by atoms with Crippen molar-refractivity contribution in [3.8, 4) is 0 Å². The van der Waals surface area contributed by atoms with Crippen LogP contribution in [0.2, 0.25) is 0 Å². The molecule has 1 aliphatic heterocycles. The molecule has 2 aromatic heterocycles. The van der Waals surface area contributed by atoms with Crippen LogP contribution >= 0.6 is 0 Å². The minimum Gasteiger partial charge on any atom is -0.319 e. The van der Waals surface area contributed by atoms with E-state index in [0.717, 1.165) is 50.6 Å². The number of rotatable bonds is 6. The van der Waals surface area contributed by atoms with Crippen molar-refractivity contribution in [1.29, 1.82) is 0 Å². The molecule has 0 aliphatic carbocycles. The van der Waals surface area contributed by atoms with Crippen LogP contribution in [-0.2, 0) is 13.1 Å². The second kappa shape index (κ2) is 9.48. The van der Waals surface area contributed by atoms with E-state index in [9.17, 15) is 4.79 Å². The summed E-state index contributed by atoms with van der Waals surface area (Å²) in [5.74, 6) is 0.177. The highest BCUT2D eigenvalue weighted by atomic mass is 16.2. The molecule has 8 heteroatoms. The smallest absolute Gasteiger partial charge is 0.295 e. The highest BCUT2D eigenvalue weighted by Crippen LogP contribution is 2.15. The number of aromatic nitrogens is 4. The third kappa shape index (κ3) is 5.08. The molecule has 2 aromatic carbocycles. The zero-order valence-electron chi connectivity index (χ0n) is 18.7. The fraction of sp³-hybridized carbons (Fsp3) is 0.280. The highest BCUT2D eigenvalue weighted by molar-refractivity contribution is 6.01. The third-order valence-electron chi connectivity index (χ3n) is 5.96. The number of benzene rings is 2. The second-order valence-electron chi connectivity index (χ2n) is 8.42. The van der Waals surface area contributed by atoms with Gasteiger partial charge in [-0.1, -0.05) is 42.5 Å². The van der Waals surface area contributed by atoms with Gasteiger partial charge in [0.15, 0.2) is 0 Å². The molecule has 1 aliphatic rings. The van der Waals surface area contributed by atoms with E-state index in [-0.39, 0.29) is 11.7 Å². The van der Waals surface area contributed by atoms with E-state index in [1.807, 2.05) is 25.1 Å². The number of hydrogen-bond donors (Lipinski definition) is 1. The summed E-state index contributed by atoms with van der Waals surface area (Å²) in [5, 5.41) is 7.13. The highest BCUT2D eigenvalue weighted by Gasteiger charge is 2.18. The van der Waals surface area contributed by atoms with Crippen molar-refractivity contribution in [2.75, 3.05) is 31.5 Å². The van der Waals surface area contributed by atoms with Gasteiger partial charge in [0.25, 0.3) is 11.7 Å². The summed E-state index contributed by atoms with van der Waals surface area (Å²) in [5.41, 5.74) is 4.20. The van der Waals surface area contributed by atoms with Crippen LogP contribution < -0.4 is 5.32 Å². The first-order valence-electron chi connectivity index (χ1n) is 11.2. The van der Waals surface area contributed by atoms with Gasteiger partial charge in [-0.05, 0) is 36.2 Å². The lowest BCUT2D eigenvalue weighted by atomic mass is 10.1. The number of piperazine rings is 1. The van der Waals surface area contributed by atoms with Gasteiger partial charge in [-0.2, -0.15) is 4.98 Å². The van der Waals surface area contributed by atoms with Gasteiger partial charge in [0.05, 0.1) is 0 Å². The fourth-order valence-electron chi connectivity index (χ4n) is 4.09. The number of carbonyl (C=O) groups is 1. The number of carbonyl (C=O) groups excluding carboxylic acids is 1. The Balaban J connectivity index is 1.13. The Morgan fingerprint density at radius 2 is 1.52 bits per heavy atom. The molecule has 4 aromatic rings. The van der Waals surface area contributed by atoms with Gasteiger partial charge in [0.2, 0.25) is 5.82 Å². The molecule has 168 valence electrons. The van der Waals surface area contributed by atoms with Crippen LogP contribution in [0.3, 0.4) is 0 Å². The summed E-state index contributed by atoms with van der Waals surface area (Å²) < 4.78 is 1.57. The lowest BCUT2D eigenvalue weighted by Gasteiger charge is -2.34. The quantitative estimate of drug-likeness (QED) is 0.496. The number of nitrogens with zero attached hydrogens (tertiary/aromatic N) is 6. The molecule has 5 rings (SSSR count). The van der Waals surface area contributed by atoms with Crippen molar-refractivity contribution < 1.29 is 4.79 Å². The molecule has 0 atom stereocenters. The minimum atomic E-state index is -0.345. The average molecular weight is 442 g/mol. The Bertz CT molecular complexity index is 1230. The summed E-state index contributed by atoms with van der Waals surface area (Å²) in [6, 6.07) is 20.5. The third-order valence-corrected chi connectivity index (χ3v) is 5.96. The van der Waals surface area contributed by atoms with Gasteiger partial charge in [0.1, 0.15) is 0 Å². The predicted octanol–water partition coefficient (Wildman–Crippen LogP) is 3.00. The molecule has 1 amide bonds. The first-order chi connectivity index (χ1) is 16.1. The largest absolute Gasteiger partial charge is 0.319 e. The van der Waals surface area contributed by atoms with E-state index in [1.54, 1.807) is 10.7 Å². The summed E-state index contributed by atoms with van der Waals surface area (Å²) in [7, 11) is 0. The molecule has 0 bridgehead atoms. The van der Waals surface area contributed by atoms with Gasteiger partial charge in [0, 0.05) is 56.8 Å². The lowest BCUT2D eigenvalue weighted by molar-refractivity contribution is 0.101. The second-order valence-corrected chi connectivity index (χ2v) is 8.42. The summed E-state index contributed by atoms with van der Waals surface area (Å²) in [6.45, 7) is 8.07. The van der Waals surface area contributed by atoms with E-state index >= 15 is 0 Å². The molecule has 3 heterocycles. The topological polar surface area (TPSA) is 78.7 Å². The summed E-state index contributed by atoms with van der Waals surface area (Å²) in [6.07, 6.45) is 1.66. The Kier molecular flexibility index (Phi) is 6.10. The molecule has 33 heavy (non-hydrogen) atoms. The number of aryl methyl sites for hydroxylation is 1. The molecule has 8 nitrogen and oxygen atoms in total. The van der Waals surface area contributed by atoms with E-state index in [0.29, 0.717) is 5.78 Å². The van der Waals surface area contributed by atoms with E-state index < -0.39 is 0 Å². The van der Waals surface area contributed by atoms with Gasteiger partial charge in [-0.25, -0.2) is 9.50 Å². The van der Waals surface area contributed by atoms with E-state index in [4.69, 9.17) is 0 Å². The molecule has 0 spiro atoms. The maximum absolute atomic E-state index is 12.6. The van der Waals surface area contributed by atoms with Gasteiger partial charge < -0.3 is 5.32 Å². The SMILES string of the molecule is Cc1ccnc2nc(C(=O)Nc3ccc(CN4CCN(Cc5ccccc5)CC4)cc3)nn12. The van der Waals surface area contributed by atoms with E-state index in [1.165, 1.54) is 11.1 Å². The van der Waals surface area contributed by atoms with Crippen LogP contribution in [0, 0.1) is 6.92 Å². The molecule has 0 saturated carbocycles. The van der Waals surface area contributed by atoms with Crippen molar-refractivity contribution in [3.05, 3.63) is 89.5 Å². The minimum absolute atomic E-state index is 0.106. The maximum atomic E-state index is 12.6. The van der Waals surface area contributed by atoms with Crippen molar-refractivity contribution in [2.24, 2.45) is 0 Å². The summed E-state index contributed by atoms with van der Waals surface area (Å²) >= 11 is 0. The van der Waals surface area contributed by atoms with Crippen LogP contribution in [0.25, 0.3) is 5.78 Å².